The fraction of sp³-hybridized carbons (Fsp3) is 0.258. The standard InChI is InChI=1S/C31H31F2N3O/c1-5-24-14-15-28(29-13-8-7-11-25(20-34)21-35-29)30(17-24)37-27-12-9-10-23(4)36-26(18-27)16-22(3)19-31(32,33)6-2/h1,8-12,14-18,21H,6,13,19-20,34H2,2-4H3/b10-9?,12-9?,22-16-,23-10+,25-21+,26-18?,27-12?,27-18?,35-29?,36-23?,36-26+. The maximum Gasteiger partial charge on any atom is 0.251 e. The minimum Gasteiger partial charge on any atom is -0.457 e. The number of ether oxygens (including phenoxy) is 1. The van der Waals surface area contributed by atoms with Gasteiger partial charge in [0.2, 0.25) is 0 Å². The van der Waals surface area contributed by atoms with Crippen LogP contribution in [-0.4, -0.2) is 23.9 Å². The van der Waals surface area contributed by atoms with E-state index in [1.165, 1.54) is 6.92 Å². The Morgan fingerprint density at radius 2 is 2.16 bits per heavy atom. The number of alkyl halides is 2. The molecule has 1 aromatic rings. The summed E-state index contributed by atoms with van der Waals surface area (Å²) in [6.07, 6.45) is 19.9. The topological polar surface area (TPSA) is 60.0 Å². The summed E-state index contributed by atoms with van der Waals surface area (Å²) in [6.45, 7) is 5.35. The van der Waals surface area contributed by atoms with Gasteiger partial charge in [-0.15, -0.1) is 12.2 Å². The van der Waals surface area contributed by atoms with Crippen LogP contribution in [0.4, 0.5) is 8.78 Å². The van der Waals surface area contributed by atoms with Gasteiger partial charge in [-0.3, -0.25) is 9.98 Å². The molecule has 37 heavy (non-hydrogen) atoms. The molecular weight excluding hydrogens is 468 g/mol. The lowest BCUT2D eigenvalue weighted by molar-refractivity contribution is -0.00204. The van der Waals surface area contributed by atoms with Gasteiger partial charge in [0.1, 0.15) is 11.5 Å². The maximum absolute atomic E-state index is 13.9. The number of allylic oxidation sites excluding steroid dienone is 7. The molecule has 0 amide bonds. The monoisotopic (exact) mass is 499 g/mol. The second kappa shape index (κ2) is 12.8. The number of hydrogen-bond donors (Lipinski definition) is 1. The Morgan fingerprint density at radius 3 is 2.89 bits per heavy atom. The molecule has 0 spiro atoms. The summed E-state index contributed by atoms with van der Waals surface area (Å²) in [5.41, 5.74) is 13.7. The van der Waals surface area contributed by atoms with E-state index in [0.717, 1.165) is 22.5 Å². The molecule has 2 heterocycles. The molecule has 2 aliphatic rings. The van der Waals surface area contributed by atoms with Crippen LogP contribution in [0, 0.1) is 12.3 Å². The van der Waals surface area contributed by atoms with Crippen molar-refractivity contribution in [2.24, 2.45) is 15.7 Å². The van der Waals surface area contributed by atoms with Crippen molar-refractivity contribution in [3.05, 3.63) is 106 Å². The zero-order valence-corrected chi connectivity index (χ0v) is 21.4. The first-order valence-electron chi connectivity index (χ1n) is 12.1. The molecule has 0 aromatic heterocycles. The Morgan fingerprint density at radius 1 is 1.35 bits per heavy atom. The highest BCUT2D eigenvalue weighted by atomic mass is 19.3. The molecular formula is C31H31F2N3O. The van der Waals surface area contributed by atoms with Crippen LogP contribution in [-0.2, 0) is 0 Å². The van der Waals surface area contributed by atoms with Gasteiger partial charge < -0.3 is 10.5 Å². The van der Waals surface area contributed by atoms with Crippen LogP contribution in [0.15, 0.2) is 105 Å². The van der Waals surface area contributed by atoms with Crippen LogP contribution in [0.3, 0.4) is 0 Å². The first-order valence-corrected chi connectivity index (χ1v) is 12.1. The zero-order valence-electron chi connectivity index (χ0n) is 21.4. The molecule has 1 aromatic carbocycles. The molecule has 0 radical (unpaired) electrons. The minimum absolute atomic E-state index is 0.221. The van der Waals surface area contributed by atoms with Gasteiger partial charge in [-0.25, -0.2) is 8.78 Å². The summed E-state index contributed by atoms with van der Waals surface area (Å²) in [5.74, 6) is 0.871. The summed E-state index contributed by atoms with van der Waals surface area (Å²) < 4.78 is 34.2. The molecule has 4 nitrogen and oxygen atoms in total. The lowest BCUT2D eigenvalue weighted by atomic mass is 10.0. The highest BCUT2D eigenvalue weighted by Crippen LogP contribution is 2.28. The van der Waals surface area contributed by atoms with E-state index in [1.807, 2.05) is 43.4 Å². The Labute approximate surface area is 217 Å². The van der Waals surface area contributed by atoms with Crippen molar-refractivity contribution in [3.63, 3.8) is 0 Å². The van der Waals surface area contributed by atoms with Gasteiger partial charge >= 0.3 is 0 Å². The lowest BCUT2D eigenvalue weighted by Gasteiger charge is -2.16. The molecule has 0 bridgehead atoms. The molecule has 0 unspecified atom stereocenters. The Hall–Kier alpha value is -4.04. The number of terminal acetylenes is 1. The minimum atomic E-state index is -2.76. The highest BCUT2D eigenvalue weighted by Gasteiger charge is 2.26. The van der Waals surface area contributed by atoms with E-state index >= 15 is 0 Å². The molecule has 6 heteroatoms. The van der Waals surface area contributed by atoms with Crippen molar-refractivity contribution in [1.29, 1.82) is 0 Å². The zero-order chi connectivity index (χ0) is 26.8. The molecule has 0 saturated carbocycles. The predicted octanol–water partition coefficient (Wildman–Crippen LogP) is 6.97. The Bertz CT molecular complexity index is 1350. The van der Waals surface area contributed by atoms with Gasteiger partial charge in [0.05, 0.1) is 11.4 Å². The van der Waals surface area contributed by atoms with Gasteiger partial charge in [-0.2, -0.15) is 0 Å². The van der Waals surface area contributed by atoms with Crippen LogP contribution in [0.1, 0.15) is 51.2 Å². The van der Waals surface area contributed by atoms with Crippen LogP contribution in [0.2, 0.25) is 0 Å². The van der Waals surface area contributed by atoms with E-state index in [9.17, 15) is 8.78 Å². The number of nitrogens with two attached hydrogens (primary N) is 1. The van der Waals surface area contributed by atoms with E-state index < -0.39 is 5.92 Å². The molecule has 3 rings (SSSR count). The fourth-order valence-corrected chi connectivity index (χ4v) is 3.65. The van der Waals surface area contributed by atoms with Gasteiger partial charge in [-0.05, 0) is 68.0 Å². The van der Waals surface area contributed by atoms with Gasteiger partial charge in [0.15, 0.2) is 0 Å². The first-order chi connectivity index (χ1) is 17.7. The summed E-state index contributed by atoms with van der Waals surface area (Å²) in [5, 5.41) is 0. The van der Waals surface area contributed by atoms with Crippen molar-refractivity contribution in [2.75, 3.05) is 6.54 Å². The summed E-state index contributed by atoms with van der Waals surface area (Å²) in [7, 11) is 0. The largest absolute Gasteiger partial charge is 0.457 e. The SMILES string of the molecule is C#Cc1ccc(C2=N/C=C(/CN)C=C=CC2)c(OC2=CC(/C=C(/C)CC(F)(F)CC)=N/C(C)=C/C=C2)c1. The van der Waals surface area contributed by atoms with Gasteiger partial charge in [0.25, 0.3) is 5.92 Å². The number of halogens is 2. The van der Waals surface area contributed by atoms with Gasteiger partial charge in [-0.1, -0.05) is 24.5 Å². The maximum atomic E-state index is 13.9. The summed E-state index contributed by atoms with van der Waals surface area (Å²) in [6, 6.07) is 5.48. The number of hydrogen-bond acceptors (Lipinski definition) is 4. The third kappa shape index (κ3) is 8.25. The van der Waals surface area contributed by atoms with Crippen molar-refractivity contribution in [1.82, 2.24) is 0 Å². The predicted molar refractivity (Wildman–Crippen MR) is 148 cm³/mol. The van der Waals surface area contributed by atoms with E-state index in [4.69, 9.17) is 16.9 Å². The van der Waals surface area contributed by atoms with E-state index in [2.05, 4.69) is 21.6 Å². The van der Waals surface area contributed by atoms with Crippen LogP contribution in [0.25, 0.3) is 0 Å². The third-order valence-electron chi connectivity index (χ3n) is 5.63. The summed E-state index contributed by atoms with van der Waals surface area (Å²) >= 11 is 0. The van der Waals surface area contributed by atoms with Crippen molar-refractivity contribution in [2.45, 2.75) is 46.0 Å². The van der Waals surface area contributed by atoms with Crippen molar-refractivity contribution >= 4 is 11.4 Å². The van der Waals surface area contributed by atoms with Crippen LogP contribution < -0.4 is 10.5 Å². The molecule has 190 valence electrons. The van der Waals surface area contributed by atoms with Crippen molar-refractivity contribution < 1.29 is 13.5 Å². The quantitative estimate of drug-likeness (QED) is 0.310. The molecule has 0 saturated heterocycles. The number of benzene rings is 1. The van der Waals surface area contributed by atoms with Gasteiger partial charge in [0, 0.05) is 54.9 Å². The van der Waals surface area contributed by atoms with Crippen molar-refractivity contribution in [3.8, 4) is 18.1 Å². The molecule has 2 aliphatic heterocycles. The van der Waals surface area contributed by atoms with E-state index in [1.54, 1.807) is 37.4 Å². The second-order valence-electron chi connectivity index (χ2n) is 8.79. The van der Waals surface area contributed by atoms with Crippen LogP contribution >= 0.6 is 0 Å². The third-order valence-corrected chi connectivity index (χ3v) is 5.63. The smallest absolute Gasteiger partial charge is 0.251 e. The fourth-order valence-electron chi connectivity index (χ4n) is 3.65. The van der Waals surface area contributed by atoms with E-state index in [-0.39, 0.29) is 12.8 Å². The van der Waals surface area contributed by atoms with Crippen LogP contribution in [0.5, 0.6) is 5.75 Å². The Kier molecular flexibility index (Phi) is 9.51. The highest BCUT2D eigenvalue weighted by molar-refractivity contribution is 6.06. The molecule has 2 N–H and O–H groups in total. The average Bonchev–Trinajstić information content (AvgIpc) is 2.83. The normalized spacial score (nSPS) is 20.5. The average molecular weight is 500 g/mol. The molecule has 0 fully saturated rings. The lowest BCUT2D eigenvalue weighted by Crippen LogP contribution is -2.14. The first kappa shape index (κ1) is 27.5. The number of nitrogens with zero attached hydrogens (tertiary/aromatic N) is 2. The molecule has 0 atom stereocenters. The molecule has 0 aliphatic carbocycles. The Balaban J connectivity index is 2.01. The summed E-state index contributed by atoms with van der Waals surface area (Å²) in [4.78, 5) is 9.21. The number of rotatable bonds is 8. The number of aliphatic imine (C=N–C) groups is 2. The van der Waals surface area contributed by atoms with E-state index in [0.29, 0.717) is 41.3 Å². The second-order valence-corrected chi connectivity index (χ2v) is 8.79.